The van der Waals surface area contributed by atoms with Gasteiger partial charge in [-0.3, -0.25) is 14.4 Å². The van der Waals surface area contributed by atoms with E-state index in [1.165, 1.54) is 154 Å². The molecule has 0 amide bonds. The van der Waals surface area contributed by atoms with Gasteiger partial charge in [-0.15, -0.1) is 0 Å². The molecule has 6 fully saturated rings. The summed E-state index contributed by atoms with van der Waals surface area (Å²) in [5.41, 5.74) is -0.411. The lowest BCUT2D eigenvalue weighted by Crippen LogP contribution is -2.43. The number of likely N-dealkylation sites (N-methyl/N-ethyl adjacent to an activating group) is 3. The SMILES string of the molecule is CCN(CC)CCOC(=O)C1(C2CCCCC2)CCCCC1.CCN(CC)CCOC(=O)C1(C2CCCCC2)CCCCC1.CCN(CC)CCOC(=O)C1(C2CCCCC2)CCCCC1. The molecule has 66 heavy (non-hydrogen) atoms. The second-order valence-corrected chi connectivity index (χ2v) is 21.6. The van der Waals surface area contributed by atoms with Crippen LogP contribution < -0.4 is 0 Å². The standard InChI is InChI=1S/3C19H35NO2/c3*1-3-20(4-2)15-16-22-18(21)19(13-9-6-10-14-19)17-11-7-5-8-12-17/h3*17H,3-16H2,1-2H3. The molecule has 0 radical (unpaired) electrons. The molecule has 9 nitrogen and oxygen atoms in total. The summed E-state index contributed by atoms with van der Waals surface area (Å²) in [6.45, 7) is 23.5. The smallest absolute Gasteiger partial charge is 0.312 e. The molecule has 0 aromatic carbocycles. The molecule has 0 atom stereocenters. The van der Waals surface area contributed by atoms with Crippen LogP contribution in [0.4, 0.5) is 0 Å². The zero-order valence-corrected chi connectivity index (χ0v) is 44.2. The predicted molar refractivity (Wildman–Crippen MR) is 273 cm³/mol. The average molecular weight is 928 g/mol. The minimum absolute atomic E-state index is 0.131. The molecule has 0 heterocycles. The molecule has 6 aliphatic carbocycles. The Kier molecular flexibility index (Phi) is 27.1. The largest absolute Gasteiger partial charge is 0.464 e. The van der Waals surface area contributed by atoms with E-state index >= 15 is 0 Å². The molecule has 0 aliphatic heterocycles. The van der Waals surface area contributed by atoms with Crippen LogP contribution in [0.25, 0.3) is 0 Å². The normalized spacial score (nSPS) is 22.7. The van der Waals surface area contributed by atoms with Crippen LogP contribution in [0, 0.1) is 34.0 Å². The zero-order chi connectivity index (χ0) is 47.5. The molecule has 0 aromatic heterocycles. The zero-order valence-electron chi connectivity index (χ0n) is 44.2. The van der Waals surface area contributed by atoms with Crippen molar-refractivity contribution >= 4 is 17.9 Å². The summed E-state index contributed by atoms with van der Waals surface area (Å²) in [6.07, 6.45) is 36.9. The number of nitrogens with zero attached hydrogens (tertiary/aromatic N) is 3. The van der Waals surface area contributed by atoms with E-state index in [1.54, 1.807) is 0 Å². The number of carbonyl (C=O) groups excluding carboxylic acids is 3. The number of ether oxygens (including phenoxy) is 3. The van der Waals surface area contributed by atoms with Crippen LogP contribution >= 0.6 is 0 Å². The van der Waals surface area contributed by atoms with E-state index < -0.39 is 0 Å². The molecule has 6 aliphatic rings. The van der Waals surface area contributed by atoms with Gasteiger partial charge in [-0.2, -0.15) is 0 Å². The lowest BCUT2D eigenvalue weighted by Gasteiger charge is -2.43. The number of hydrogen-bond donors (Lipinski definition) is 0. The van der Waals surface area contributed by atoms with Crippen molar-refractivity contribution in [3.8, 4) is 0 Å². The maximum atomic E-state index is 12.9. The minimum Gasteiger partial charge on any atom is -0.464 e. The van der Waals surface area contributed by atoms with Crippen LogP contribution in [0.15, 0.2) is 0 Å². The van der Waals surface area contributed by atoms with Gasteiger partial charge < -0.3 is 28.9 Å². The van der Waals surface area contributed by atoms with Crippen molar-refractivity contribution in [2.75, 3.05) is 78.7 Å². The van der Waals surface area contributed by atoms with E-state index in [0.29, 0.717) is 37.6 Å². The quantitative estimate of drug-likeness (QED) is 0.0825. The highest BCUT2D eigenvalue weighted by atomic mass is 16.5. The second-order valence-electron chi connectivity index (χ2n) is 21.6. The third-order valence-corrected chi connectivity index (χ3v) is 18.2. The molecular weight excluding hydrogens is 823 g/mol. The highest BCUT2D eigenvalue weighted by Crippen LogP contribution is 2.51. The average Bonchev–Trinajstić information content (AvgIpc) is 3.39. The van der Waals surface area contributed by atoms with E-state index in [-0.39, 0.29) is 34.2 Å². The molecule has 0 saturated heterocycles. The Morgan fingerprint density at radius 3 is 0.727 bits per heavy atom. The van der Waals surface area contributed by atoms with E-state index in [9.17, 15) is 14.4 Å². The molecule has 0 unspecified atom stereocenters. The van der Waals surface area contributed by atoms with E-state index in [1.807, 2.05) is 0 Å². The van der Waals surface area contributed by atoms with Gasteiger partial charge in [0, 0.05) is 19.6 Å². The van der Waals surface area contributed by atoms with Crippen LogP contribution in [0.3, 0.4) is 0 Å². The van der Waals surface area contributed by atoms with E-state index in [0.717, 1.165) is 97.4 Å². The van der Waals surface area contributed by atoms with Gasteiger partial charge in [-0.1, -0.05) is 157 Å². The summed E-state index contributed by atoms with van der Waals surface area (Å²) >= 11 is 0. The first-order chi connectivity index (χ1) is 32.2. The van der Waals surface area contributed by atoms with Gasteiger partial charge in [0.15, 0.2) is 0 Å². The van der Waals surface area contributed by atoms with Crippen molar-refractivity contribution in [3.05, 3.63) is 0 Å². The Balaban J connectivity index is 0.000000216. The minimum atomic E-state index is -0.137. The van der Waals surface area contributed by atoms with Crippen LogP contribution in [-0.2, 0) is 28.6 Å². The first-order valence-electron chi connectivity index (χ1n) is 28.9. The molecule has 9 heteroatoms. The molecule has 0 bridgehead atoms. The number of esters is 3. The van der Waals surface area contributed by atoms with E-state index in [2.05, 4.69) is 56.2 Å². The Bertz CT molecular complexity index is 1140. The van der Waals surface area contributed by atoms with Gasteiger partial charge in [0.2, 0.25) is 0 Å². The fourth-order valence-corrected chi connectivity index (χ4v) is 13.7. The molecule has 0 spiro atoms. The third-order valence-electron chi connectivity index (χ3n) is 18.2. The van der Waals surface area contributed by atoms with Gasteiger partial charge in [0.1, 0.15) is 19.8 Å². The maximum absolute atomic E-state index is 12.9. The van der Waals surface area contributed by atoms with Gasteiger partial charge in [0.05, 0.1) is 16.2 Å². The summed E-state index contributed by atoms with van der Waals surface area (Å²) in [5, 5.41) is 0. The first-order valence-corrected chi connectivity index (χ1v) is 28.9. The number of carbonyl (C=O) groups is 3. The predicted octanol–water partition coefficient (Wildman–Crippen LogP) is 13.2. The lowest BCUT2D eigenvalue weighted by molar-refractivity contribution is -0.165. The summed E-state index contributed by atoms with van der Waals surface area (Å²) in [7, 11) is 0. The number of rotatable bonds is 21. The van der Waals surface area contributed by atoms with Crippen molar-refractivity contribution < 1.29 is 28.6 Å². The summed E-state index contributed by atoms with van der Waals surface area (Å²) in [5.74, 6) is 2.15. The summed E-state index contributed by atoms with van der Waals surface area (Å²) in [6, 6.07) is 0. The Labute approximate surface area is 406 Å². The van der Waals surface area contributed by atoms with Crippen molar-refractivity contribution in [3.63, 3.8) is 0 Å². The lowest BCUT2D eigenvalue weighted by atomic mass is 9.62. The topological polar surface area (TPSA) is 88.6 Å². The van der Waals surface area contributed by atoms with Gasteiger partial charge in [-0.25, -0.2) is 0 Å². The Morgan fingerprint density at radius 2 is 0.530 bits per heavy atom. The molecule has 6 saturated carbocycles. The highest BCUT2D eigenvalue weighted by Gasteiger charge is 2.49. The van der Waals surface area contributed by atoms with Gasteiger partial charge in [0.25, 0.3) is 0 Å². The Hall–Kier alpha value is -1.71. The van der Waals surface area contributed by atoms with Gasteiger partial charge in [-0.05, 0) is 134 Å². The van der Waals surface area contributed by atoms with Crippen LogP contribution in [0.5, 0.6) is 0 Å². The summed E-state index contributed by atoms with van der Waals surface area (Å²) < 4.78 is 17.4. The van der Waals surface area contributed by atoms with Crippen molar-refractivity contribution in [1.82, 2.24) is 14.7 Å². The van der Waals surface area contributed by atoms with Crippen molar-refractivity contribution in [1.29, 1.82) is 0 Å². The monoisotopic (exact) mass is 928 g/mol. The second kappa shape index (κ2) is 31.5. The van der Waals surface area contributed by atoms with E-state index in [4.69, 9.17) is 14.2 Å². The molecular formula is C57H105N3O6. The molecule has 6 rings (SSSR count). The fraction of sp³-hybridized carbons (Fsp3) is 0.947. The van der Waals surface area contributed by atoms with Crippen LogP contribution in [-0.4, -0.2) is 111 Å². The van der Waals surface area contributed by atoms with Crippen molar-refractivity contribution in [2.24, 2.45) is 34.0 Å². The summed E-state index contributed by atoms with van der Waals surface area (Å²) in [4.78, 5) is 45.8. The maximum Gasteiger partial charge on any atom is 0.312 e. The van der Waals surface area contributed by atoms with Gasteiger partial charge >= 0.3 is 17.9 Å². The van der Waals surface area contributed by atoms with Crippen LogP contribution in [0.1, 0.15) is 234 Å². The molecule has 384 valence electrons. The van der Waals surface area contributed by atoms with Crippen LogP contribution in [0.2, 0.25) is 0 Å². The molecule has 0 N–H and O–H groups in total. The fourth-order valence-electron chi connectivity index (χ4n) is 13.7. The third kappa shape index (κ3) is 16.7. The highest BCUT2D eigenvalue weighted by molar-refractivity contribution is 5.78. The number of hydrogen-bond acceptors (Lipinski definition) is 9. The Morgan fingerprint density at radius 1 is 0.333 bits per heavy atom. The first kappa shape index (κ1) is 56.9. The van der Waals surface area contributed by atoms with Crippen molar-refractivity contribution in [2.45, 2.75) is 234 Å². The molecule has 0 aromatic rings.